The number of nitrogens with one attached hydrogen (secondary N) is 1. The molecule has 2 rings (SSSR count). The summed E-state index contributed by atoms with van der Waals surface area (Å²) in [4.78, 5) is 0. The van der Waals surface area contributed by atoms with E-state index in [0.29, 0.717) is 5.41 Å². The molecule has 0 saturated heterocycles. The molecule has 2 atom stereocenters. The van der Waals surface area contributed by atoms with Crippen LogP contribution in [0.5, 0.6) is 0 Å². The fourth-order valence-electron chi connectivity index (χ4n) is 3.47. The number of hydrogen-bond acceptors (Lipinski definition) is 1. The van der Waals surface area contributed by atoms with Gasteiger partial charge in [0.15, 0.2) is 0 Å². The van der Waals surface area contributed by atoms with Gasteiger partial charge in [-0.25, -0.2) is 0 Å². The Morgan fingerprint density at radius 1 is 1.12 bits per heavy atom. The van der Waals surface area contributed by atoms with Gasteiger partial charge < -0.3 is 5.32 Å². The van der Waals surface area contributed by atoms with Gasteiger partial charge in [0, 0.05) is 6.04 Å². The maximum absolute atomic E-state index is 3.76. The van der Waals surface area contributed by atoms with Crippen molar-refractivity contribution < 1.29 is 0 Å². The van der Waals surface area contributed by atoms with E-state index in [0.717, 1.165) is 17.9 Å². The van der Waals surface area contributed by atoms with Gasteiger partial charge in [-0.15, -0.1) is 0 Å². The van der Waals surface area contributed by atoms with Crippen LogP contribution < -0.4 is 5.32 Å². The summed E-state index contributed by atoms with van der Waals surface area (Å²) in [6.07, 6.45) is 11.5. The summed E-state index contributed by atoms with van der Waals surface area (Å²) in [6, 6.07) is 0.886. The van der Waals surface area contributed by atoms with Crippen LogP contribution in [-0.2, 0) is 0 Å². The van der Waals surface area contributed by atoms with Crippen molar-refractivity contribution in [3.05, 3.63) is 0 Å². The first-order valence-corrected chi connectivity index (χ1v) is 7.84. The van der Waals surface area contributed by atoms with Crippen LogP contribution in [0.3, 0.4) is 0 Å². The van der Waals surface area contributed by atoms with Crippen LogP contribution in [0, 0.1) is 17.3 Å². The molecule has 2 aliphatic rings. The third-order valence-corrected chi connectivity index (χ3v) is 4.85. The predicted molar refractivity (Wildman–Crippen MR) is 75.2 cm³/mol. The molecule has 2 saturated carbocycles. The fraction of sp³-hybridized carbons (Fsp3) is 1.00. The van der Waals surface area contributed by atoms with E-state index in [1.165, 1.54) is 57.9 Å². The van der Waals surface area contributed by atoms with Crippen molar-refractivity contribution in [3.8, 4) is 0 Å². The average molecular weight is 237 g/mol. The summed E-state index contributed by atoms with van der Waals surface area (Å²) in [5.41, 5.74) is 0.606. The molecule has 0 spiro atoms. The van der Waals surface area contributed by atoms with Crippen molar-refractivity contribution in [2.45, 2.75) is 78.2 Å². The van der Waals surface area contributed by atoms with Crippen LogP contribution in [0.1, 0.15) is 72.1 Å². The molecule has 1 nitrogen and oxygen atoms in total. The second-order valence-corrected chi connectivity index (χ2v) is 7.25. The van der Waals surface area contributed by atoms with Gasteiger partial charge >= 0.3 is 0 Å². The highest BCUT2D eigenvalue weighted by Crippen LogP contribution is 2.43. The average Bonchev–Trinajstić information content (AvgIpc) is 3.08. The first-order valence-electron chi connectivity index (χ1n) is 7.84. The van der Waals surface area contributed by atoms with Gasteiger partial charge in [0.2, 0.25) is 0 Å². The molecule has 0 aliphatic heterocycles. The van der Waals surface area contributed by atoms with Gasteiger partial charge in [-0.1, -0.05) is 40.0 Å². The van der Waals surface area contributed by atoms with E-state index >= 15 is 0 Å². The third-order valence-electron chi connectivity index (χ3n) is 4.85. The maximum atomic E-state index is 3.76. The fourth-order valence-corrected chi connectivity index (χ4v) is 3.47. The maximum Gasteiger partial charge on any atom is 0.00683 e. The SMILES string of the molecule is CCCCC1CC(C)(C)CCC1CNC1CC1. The van der Waals surface area contributed by atoms with Crippen molar-refractivity contribution in [3.63, 3.8) is 0 Å². The van der Waals surface area contributed by atoms with Gasteiger partial charge in [-0.3, -0.25) is 0 Å². The highest BCUT2D eigenvalue weighted by atomic mass is 14.9. The van der Waals surface area contributed by atoms with Crippen LogP contribution in [0.2, 0.25) is 0 Å². The predicted octanol–water partition coefficient (Wildman–Crippen LogP) is 4.37. The molecule has 1 heteroatoms. The second kappa shape index (κ2) is 5.73. The molecule has 0 radical (unpaired) electrons. The van der Waals surface area contributed by atoms with E-state index in [1.807, 2.05) is 0 Å². The molecule has 0 aromatic heterocycles. The Labute approximate surface area is 108 Å². The minimum Gasteiger partial charge on any atom is -0.314 e. The first kappa shape index (κ1) is 13.4. The van der Waals surface area contributed by atoms with Crippen molar-refractivity contribution >= 4 is 0 Å². The summed E-state index contributed by atoms with van der Waals surface area (Å²) in [7, 11) is 0. The quantitative estimate of drug-likeness (QED) is 0.723. The van der Waals surface area contributed by atoms with E-state index in [4.69, 9.17) is 0 Å². The van der Waals surface area contributed by atoms with Crippen LogP contribution >= 0.6 is 0 Å². The molecule has 0 aromatic carbocycles. The summed E-state index contributed by atoms with van der Waals surface area (Å²) in [5, 5.41) is 3.76. The Morgan fingerprint density at radius 2 is 1.88 bits per heavy atom. The minimum atomic E-state index is 0.606. The first-order chi connectivity index (χ1) is 8.11. The van der Waals surface area contributed by atoms with Crippen molar-refractivity contribution in [1.29, 1.82) is 0 Å². The molecule has 2 aliphatic carbocycles. The smallest absolute Gasteiger partial charge is 0.00683 e. The topological polar surface area (TPSA) is 12.0 Å². The zero-order valence-electron chi connectivity index (χ0n) is 12.1. The zero-order chi connectivity index (χ0) is 12.3. The molecule has 2 unspecified atom stereocenters. The van der Waals surface area contributed by atoms with Gasteiger partial charge in [-0.05, 0) is 55.9 Å². The molecule has 0 bridgehead atoms. The monoisotopic (exact) mass is 237 g/mol. The summed E-state index contributed by atoms with van der Waals surface area (Å²) in [5.74, 6) is 1.96. The molecule has 2 fully saturated rings. The van der Waals surface area contributed by atoms with Crippen LogP contribution in [0.4, 0.5) is 0 Å². The van der Waals surface area contributed by atoms with Gasteiger partial charge in [0.1, 0.15) is 0 Å². The lowest BCUT2D eigenvalue weighted by atomic mass is 9.66. The second-order valence-electron chi connectivity index (χ2n) is 7.25. The Bertz CT molecular complexity index is 228. The van der Waals surface area contributed by atoms with Crippen molar-refractivity contribution in [2.75, 3.05) is 6.54 Å². The molecule has 100 valence electrons. The van der Waals surface area contributed by atoms with Crippen LogP contribution in [0.25, 0.3) is 0 Å². The zero-order valence-corrected chi connectivity index (χ0v) is 12.1. The summed E-state index contributed by atoms with van der Waals surface area (Å²) >= 11 is 0. The lowest BCUT2D eigenvalue weighted by Crippen LogP contribution is -2.36. The van der Waals surface area contributed by atoms with E-state index in [1.54, 1.807) is 0 Å². The molecular formula is C16H31N. The van der Waals surface area contributed by atoms with Crippen molar-refractivity contribution in [1.82, 2.24) is 5.32 Å². The minimum absolute atomic E-state index is 0.606. The molecule has 0 amide bonds. The van der Waals surface area contributed by atoms with Gasteiger partial charge in [-0.2, -0.15) is 0 Å². The van der Waals surface area contributed by atoms with E-state index < -0.39 is 0 Å². The lowest BCUT2D eigenvalue weighted by molar-refractivity contribution is 0.108. The molecule has 1 N–H and O–H groups in total. The van der Waals surface area contributed by atoms with Crippen LogP contribution in [0.15, 0.2) is 0 Å². The number of unbranched alkanes of at least 4 members (excludes halogenated alkanes) is 1. The Hall–Kier alpha value is -0.0400. The van der Waals surface area contributed by atoms with E-state index in [-0.39, 0.29) is 0 Å². The Morgan fingerprint density at radius 3 is 2.53 bits per heavy atom. The normalized spacial score (nSPS) is 32.6. The van der Waals surface area contributed by atoms with Crippen LogP contribution in [-0.4, -0.2) is 12.6 Å². The highest BCUT2D eigenvalue weighted by molar-refractivity contribution is 4.88. The summed E-state index contributed by atoms with van der Waals surface area (Å²) < 4.78 is 0. The number of hydrogen-bond donors (Lipinski definition) is 1. The Balaban J connectivity index is 1.82. The number of rotatable bonds is 6. The van der Waals surface area contributed by atoms with E-state index in [2.05, 4.69) is 26.1 Å². The highest BCUT2D eigenvalue weighted by Gasteiger charge is 2.34. The molecular weight excluding hydrogens is 206 g/mol. The largest absolute Gasteiger partial charge is 0.314 e. The molecule has 0 aromatic rings. The van der Waals surface area contributed by atoms with E-state index in [9.17, 15) is 0 Å². The summed E-state index contributed by atoms with van der Waals surface area (Å²) in [6.45, 7) is 8.56. The van der Waals surface area contributed by atoms with Gasteiger partial charge in [0.25, 0.3) is 0 Å². The Kier molecular flexibility index (Phi) is 4.52. The van der Waals surface area contributed by atoms with Crippen molar-refractivity contribution in [2.24, 2.45) is 17.3 Å². The van der Waals surface area contributed by atoms with Gasteiger partial charge in [0.05, 0.1) is 0 Å². The molecule has 17 heavy (non-hydrogen) atoms. The molecule has 0 heterocycles. The standard InChI is InChI=1S/C16H31N/c1-4-5-6-13-11-16(2,3)10-9-14(13)12-17-15-7-8-15/h13-15,17H,4-12H2,1-3H3. The third kappa shape index (κ3) is 4.28. The lowest BCUT2D eigenvalue weighted by Gasteiger charge is -2.41.